The Balaban J connectivity index is 2.44. The summed E-state index contributed by atoms with van der Waals surface area (Å²) < 4.78 is 2.22. The molecule has 0 fully saturated rings. The second-order valence-corrected chi connectivity index (χ2v) is 6.26. The Bertz CT molecular complexity index is 836. The summed E-state index contributed by atoms with van der Waals surface area (Å²) in [5.74, 6) is 0. The van der Waals surface area contributed by atoms with E-state index in [0.717, 1.165) is 27.4 Å². The molecule has 108 valence electrons. The van der Waals surface area contributed by atoms with Crippen LogP contribution in [0.1, 0.15) is 28.1 Å². The van der Waals surface area contributed by atoms with Crippen LogP contribution in [0.25, 0.3) is 16.7 Å². The van der Waals surface area contributed by atoms with E-state index in [1.54, 1.807) is 0 Å². The minimum absolute atomic E-state index is 0.766. The second-order valence-electron chi connectivity index (χ2n) is 5.85. The van der Waals surface area contributed by atoms with Crippen LogP contribution in [0.2, 0.25) is 5.02 Å². The van der Waals surface area contributed by atoms with Crippen LogP contribution in [-0.2, 0) is 0 Å². The third-order valence-electron chi connectivity index (χ3n) is 3.89. The summed E-state index contributed by atoms with van der Waals surface area (Å²) in [6, 6.07) is 8.46. The quantitative estimate of drug-likeness (QED) is 0.602. The van der Waals surface area contributed by atoms with Crippen molar-refractivity contribution in [3.05, 3.63) is 57.4 Å². The van der Waals surface area contributed by atoms with E-state index in [1.165, 1.54) is 22.4 Å². The Hall–Kier alpha value is -1.80. The van der Waals surface area contributed by atoms with Crippen molar-refractivity contribution in [3.8, 4) is 5.69 Å². The van der Waals surface area contributed by atoms with Gasteiger partial charge in [-0.25, -0.2) is 4.98 Å². The molecule has 2 nitrogen and oxygen atoms in total. The summed E-state index contributed by atoms with van der Waals surface area (Å²) in [4.78, 5) is 4.72. The van der Waals surface area contributed by atoms with Crippen molar-refractivity contribution < 1.29 is 0 Å². The number of benzene rings is 1. The Morgan fingerprint density at radius 1 is 0.905 bits per heavy atom. The van der Waals surface area contributed by atoms with Gasteiger partial charge < -0.3 is 0 Å². The molecule has 0 unspecified atom stereocenters. The molecule has 0 saturated heterocycles. The zero-order valence-electron chi connectivity index (χ0n) is 13.1. The van der Waals surface area contributed by atoms with Gasteiger partial charge in [0.25, 0.3) is 0 Å². The maximum atomic E-state index is 6.39. The zero-order valence-corrected chi connectivity index (χ0v) is 13.8. The van der Waals surface area contributed by atoms with E-state index >= 15 is 0 Å². The number of fused-ring (bicyclic) bond motifs is 1. The molecular formula is C18H19ClN2. The molecular weight excluding hydrogens is 280 g/mol. The highest BCUT2D eigenvalue weighted by atomic mass is 35.5. The van der Waals surface area contributed by atoms with Crippen LogP contribution in [-0.4, -0.2) is 9.55 Å². The highest BCUT2D eigenvalue weighted by molar-refractivity contribution is 6.35. The van der Waals surface area contributed by atoms with Crippen molar-refractivity contribution in [2.45, 2.75) is 34.6 Å². The second kappa shape index (κ2) is 4.88. The van der Waals surface area contributed by atoms with E-state index in [2.05, 4.69) is 50.5 Å². The van der Waals surface area contributed by atoms with Gasteiger partial charge in [-0.3, -0.25) is 4.57 Å². The molecule has 3 heteroatoms. The minimum Gasteiger partial charge on any atom is -0.298 e. The monoisotopic (exact) mass is 298 g/mol. The smallest absolute Gasteiger partial charge is 0.146 e. The molecule has 0 spiro atoms. The maximum Gasteiger partial charge on any atom is 0.146 e. The summed E-state index contributed by atoms with van der Waals surface area (Å²) in [5, 5.41) is 1.78. The predicted octanol–water partition coefficient (Wildman–Crippen LogP) is 5.22. The number of pyridine rings is 1. The summed E-state index contributed by atoms with van der Waals surface area (Å²) in [5.41, 5.74) is 8.04. The molecule has 0 aliphatic carbocycles. The van der Waals surface area contributed by atoms with Crippen LogP contribution in [0.5, 0.6) is 0 Å². The van der Waals surface area contributed by atoms with Gasteiger partial charge in [-0.1, -0.05) is 29.3 Å². The van der Waals surface area contributed by atoms with Gasteiger partial charge in [0.15, 0.2) is 0 Å². The number of nitrogens with zero attached hydrogens (tertiary/aromatic N) is 2. The lowest BCUT2D eigenvalue weighted by molar-refractivity contribution is 0.993. The molecule has 0 amide bonds. The maximum absolute atomic E-state index is 6.39. The van der Waals surface area contributed by atoms with Crippen molar-refractivity contribution in [3.63, 3.8) is 0 Å². The van der Waals surface area contributed by atoms with E-state index < -0.39 is 0 Å². The van der Waals surface area contributed by atoms with Gasteiger partial charge in [-0.15, -0.1) is 0 Å². The molecule has 0 radical (unpaired) electrons. The number of rotatable bonds is 1. The zero-order chi connectivity index (χ0) is 15.3. The van der Waals surface area contributed by atoms with Crippen LogP contribution in [0.15, 0.2) is 24.3 Å². The Morgan fingerprint density at radius 3 is 2.14 bits per heavy atom. The number of aromatic nitrogens is 2. The first-order valence-electron chi connectivity index (χ1n) is 7.12. The average Bonchev–Trinajstić information content (AvgIpc) is 2.66. The summed E-state index contributed by atoms with van der Waals surface area (Å²) in [7, 11) is 0. The molecule has 0 atom stereocenters. The van der Waals surface area contributed by atoms with Crippen molar-refractivity contribution in [1.82, 2.24) is 9.55 Å². The topological polar surface area (TPSA) is 17.8 Å². The van der Waals surface area contributed by atoms with Crippen molar-refractivity contribution >= 4 is 22.6 Å². The van der Waals surface area contributed by atoms with Gasteiger partial charge in [0.1, 0.15) is 5.65 Å². The molecule has 2 heterocycles. The third kappa shape index (κ3) is 2.24. The lowest BCUT2D eigenvalue weighted by Gasteiger charge is -2.15. The molecule has 3 aromatic rings. The molecule has 0 aliphatic heterocycles. The molecule has 2 aromatic heterocycles. The Labute approximate surface area is 130 Å². The lowest BCUT2D eigenvalue weighted by atomic mass is 10.0. The molecule has 1 aromatic carbocycles. The van der Waals surface area contributed by atoms with Gasteiger partial charge in [0.05, 0.1) is 10.7 Å². The van der Waals surface area contributed by atoms with Crippen molar-refractivity contribution in [2.24, 2.45) is 0 Å². The number of hydrogen-bond donors (Lipinski definition) is 0. The van der Waals surface area contributed by atoms with Gasteiger partial charge in [-0.2, -0.15) is 0 Å². The largest absolute Gasteiger partial charge is 0.298 e. The predicted molar refractivity (Wildman–Crippen MR) is 89.8 cm³/mol. The van der Waals surface area contributed by atoms with Crippen molar-refractivity contribution in [1.29, 1.82) is 0 Å². The molecule has 3 rings (SSSR count). The van der Waals surface area contributed by atoms with Crippen LogP contribution < -0.4 is 0 Å². The first kappa shape index (κ1) is 14.2. The third-order valence-corrected chi connectivity index (χ3v) is 4.21. The first-order chi connectivity index (χ1) is 9.88. The van der Waals surface area contributed by atoms with Crippen LogP contribution >= 0.6 is 11.6 Å². The summed E-state index contributed by atoms with van der Waals surface area (Å²) in [6.45, 7) is 10.5. The highest BCUT2D eigenvalue weighted by Gasteiger charge is 2.15. The number of hydrogen-bond acceptors (Lipinski definition) is 1. The molecule has 21 heavy (non-hydrogen) atoms. The van der Waals surface area contributed by atoms with E-state index in [9.17, 15) is 0 Å². The van der Waals surface area contributed by atoms with Gasteiger partial charge in [0, 0.05) is 16.8 Å². The van der Waals surface area contributed by atoms with Crippen LogP contribution in [0.3, 0.4) is 0 Å². The van der Waals surface area contributed by atoms with E-state index in [0.29, 0.717) is 0 Å². The van der Waals surface area contributed by atoms with Gasteiger partial charge >= 0.3 is 0 Å². The van der Waals surface area contributed by atoms with Crippen LogP contribution in [0, 0.1) is 34.6 Å². The summed E-state index contributed by atoms with van der Waals surface area (Å²) in [6.07, 6.45) is 0. The highest BCUT2D eigenvalue weighted by Crippen LogP contribution is 2.31. The molecule has 0 bridgehead atoms. The minimum atomic E-state index is 0.766. The fraction of sp³-hybridized carbons (Fsp3) is 0.278. The van der Waals surface area contributed by atoms with Crippen molar-refractivity contribution in [2.75, 3.05) is 0 Å². The van der Waals surface area contributed by atoms with Crippen LogP contribution in [0.4, 0.5) is 0 Å². The lowest BCUT2D eigenvalue weighted by Crippen LogP contribution is -2.04. The van der Waals surface area contributed by atoms with E-state index in [4.69, 9.17) is 16.6 Å². The van der Waals surface area contributed by atoms with Gasteiger partial charge in [0.2, 0.25) is 0 Å². The molecule has 0 saturated carbocycles. The standard InChI is InChI=1S/C18H19ClN2/c1-10-6-11(2)17(12(3)7-10)21-14(5)9-15-16(19)8-13(4)20-18(15)21/h6-9H,1-5H3. The van der Waals surface area contributed by atoms with Gasteiger partial charge in [-0.05, 0) is 57.9 Å². The average molecular weight is 299 g/mol. The first-order valence-corrected chi connectivity index (χ1v) is 7.49. The normalized spacial score (nSPS) is 11.3. The number of aryl methyl sites for hydroxylation is 5. The molecule has 0 N–H and O–H groups in total. The number of halogens is 1. The Kier molecular flexibility index (Phi) is 3.29. The molecule has 0 aliphatic rings. The SMILES string of the molecule is Cc1cc(C)c(-n2c(C)cc3c(Cl)cc(C)nc32)c(C)c1. The van der Waals surface area contributed by atoms with E-state index in [1.807, 2.05) is 13.0 Å². The fourth-order valence-electron chi connectivity index (χ4n) is 3.18. The fourth-order valence-corrected chi connectivity index (χ4v) is 3.48. The Morgan fingerprint density at radius 2 is 1.52 bits per heavy atom. The summed E-state index contributed by atoms with van der Waals surface area (Å²) >= 11 is 6.39. The van der Waals surface area contributed by atoms with E-state index in [-0.39, 0.29) is 0 Å².